The molecular formula is C10H11Cl2N3O2. The van der Waals surface area contributed by atoms with Crippen LogP contribution in [0, 0.1) is 0 Å². The normalized spacial score (nSPS) is 11.5. The molecule has 1 aromatic carbocycles. The molecule has 0 aliphatic rings. The van der Waals surface area contributed by atoms with Gasteiger partial charge in [-0.25, -0.2) is 0 Å². The summed E-state index contributed by atoms with van der Waals surface area (Å²) in [6, 6.07) is 1.55. The predicted octanol–water partition coefficient (Wildman–Crippen LogP) is 2.68. The summed E-state index contributed by atoms with van der Waals surface area (Å²) in [7, 11) is 3.54. The Kier molecular flexibility index (Phi) is 4.60. The van der Waals surface area contributed by atoms with E-state index < -0.39 is 0 Å². The molecule has 0 aliphatic heterocycles. The van der Waals surface area contributed by atoms with E-state index in [1.165, 1.54) is 12.4 Å². The summed E-state index contributed by atoms with van der Waals surface area (Å²) >= 11 is 12.2. The zero-order chi connectivity index (χ0) is 13.0. The van der Waals surface area contributed by atoms with Crippen molar-refractivity contribution in [2.75, 3.05) is 19.0 Å². The van der Waals surface area contributed by atoms with Gasteiger partial charge in [-0.2, -0.15) is 0 Å². The van der Waals surface area contributed by atoms with Gasteiger partial charge in [-0.05, 0) is 6.07 Å². The summed E-state index contributed by atoms with van der Waals surface area (Å²) in [6.07, 6.45) is 2.36. The minimum atomic E-state index is 0.355. The fraction of sp³-hybridized carbons (Fsp3) is 0.200. The molecule has 0 heterocycles. The van der Waals surface area contributed by atoms with Crippen molar-refractivity contribution in [1.29, 1.82) is 0 Å². The highest BCUT2D eigenvalue weighted by atomic mass is 35.5. The first kappa shape index (κ1) is 13.6. The highest BCUT2D eigenvalue weighted by Gasteiger charge is 2.15. The molecule has 0 spiro atoms. The summed E-state index contributed by atoms with van der Waals surface area (Å²) < 4.78 is 0. The highest BCUT2D eigenvalue weighted by molar-refractivity contribution is 6.42. The molecule has 5 nitrogen and oxygen atoms in total. The monoisotopic (exact) mass is 275 g/mol. The molecule has 1 aromatic rings. The van der Waals surface area contributed by atoms with Gasteiger partial charge in [0, 0.05) is 25.2 Å². The summed E-state index contributed by atoms with van der Waals surface area (Å²) in [6.45, 7) is 0. The predicted molar refractivity (Wildman–Crippen MR) is 69.5 cm³/mol. The van der Waals surface area contributed by atoms with E-state index in [-0.39, 0.29) is 0 Å². The molecule has 0 fully saturated rings. The fourth-order valence-electron chi connectivity index (χ4n) is 1.37. The van der Waals surface area contributed by atoms with Crippen LogP contribution in [0.15, 0.2) is 16.4 Å². The maximum atomic E-state index is 8.54. The van der Waals surface area contributed by atoms with Crippen LogP contribution in [-0.4, -0.2) is 36.9 Å². The molecule has 1 rings (SSSR count). The average molecular weight is 276 g/mol. The van der Waals surface area contributed by atoms with Crippen LogP contribution in [-0.2, 0) is 0 Å². The van der Waals surface area contributed by atoms with Gasteiger partial charge in [0.15, 0.2) is 0 Å². The molecule has 2 N–H and O–H groups in total. The molecule has 0 aromatic heterocycles. The third-order valence-corrected chi connectivity index (χ3v) is 2.87. The van der Waals surface area contributed by atoms with Gasteiger partial charge < -0.3 is 15.3 Å². The van der Waals surface area contributed by atoms with Crippen LogP contribution >= 0.6 is 23.2 Å². The standard InChI is InChI=1S/C10H11Cl2N3O2/c1-15(2)10-8(11)6(4-13-16)3-7(5-14-17)9(10)12/h3-5,16-17H,1-2H3/b13-4+,14-5+. The SMILES string of the molecule is CN(C)c1c(Cl)c(/C=N/O)cc(/C=N/O)c1Cl. The Morgan fingerprint density at radius 3 is 1.76 bits per heavy atom. The molecule has 17 heavy (non-hydrogen) atoms. The van der Waals surface area contributed by atoms with Crippen molar-refractivity contribution in [3.63, 3.8) is 0 Å². The van der Waals surface area contributed by atoms with Crippen LogP contribution in [0.5, 0.6) is 0 Å². The summed E-state index contributed by atoms with van der Waals surface area (Å²) in [5, 5.41) is 23.6. The van der Waals surface area contributed by atoms with Crippen molar-refractivity contribution in [2.24, 2.45) is 10.3 Å². The van der Waals surface area contributed by atoms with Gasteiger partial charge >= 0.3 is 0 Å². The Balaban J connectivity index is 3.57. The van der Waals surface area contributed by atoms with Crippen LogP contribution in [0.4, 0.5) is 5.69 Å². The van der Waals surface area contributed by atoms with E-state index in [1.807, 2.05) is 0 Å². The average Bonchev–Trinajstić information content (AvgIpc) is 2.25. The summed E-state index contributed by atoms with van der Waals surface area (Å²) in [4.78, 5) is 1.72. The van der Waals surface area contributed by atoms with Gasteiger partial charge in [-0.3, -0.25) is 0 Å². The molecule has 0 atom stereocenters. The summed E-state index contributed by atoms with van der Waals surface area (Å²) in [5.74, 6) is 0. The van der Waals surface area contributed by atoms with E-state index in [1.54, 1.807) is 25.1 Å². The second-order valence-electron chi connectivity index (χ2n) is 3.42. The molecule has 0 saturated carbocycles. The third kappa shape index (κ3) is 2.81. The third-order valence-electron chi connectivity index (χ3n) is 2.07. The lowest BCUT2D eigenvalue weighted by molar-refractivity contribution is 0.322. The molecular weight excluding hydrogens is 265 g/mol. The van der Waals surface area contributed by atoms with Crippen molar-refractivity contribution in [2.45, 2.75) is 0 Å². The van der Waals surface area contributed by atoms with Gasteiger partial charge in [0.2, 0.25) is 0 Å². The Bertz CT molecular complexity index is 437. The number of hydrogen-bond donors (Lipinski definition) is 2. The zero-order valence-corrected chi connectivity index (χ0v) is 10.7. The first-order valence-electron chi connectivity index (χ1n) is 4.57. The van der Waals surface area contributed by atoms with Gasteiger partial charge in [0.25, 0.3) is 0 Å². The number of oxime groups is 2. The zero-order valence-electron chi connectivity index (χ0n) is 9.22. The Labute approximate surface area is 109 Å². The van der Waals surface area contributed by atoms with Crippen LogP contribution in [0.1, 0.15) is 11.1 Å². The quantitative estimate of drug-likeness (QED) is 0.506. The fourth-order valence-corrected chi connectivity index (χ4v) is 2.15. The maximum Gasteiger partial charge on any atom is 0.0753 e. The number of halogens is 2. The largest absolute Gasteiger partial charge is 0.411 e. The van der Waals surface area contributed by atoms with Crippen molar-refractivity contribution < 1.29 is 10.4 Å². The van der Waals surface area contributed by atoms with E-state index >= 15 is 0 Å². The first-order valence-corrected chi connectivity index (χ1v) is 5.32. The number of nitrogens with zero attached hydrogens (tertiary/aromatic N) is 3. The van der Waals surface area contributed by atoms with Crippen LogP contribution in [0.3, 0.4) is 0 Å². The summed E-state index contributed by atoms with van der Waals surface area (Å²) in [5.41, 5.74) is 1.50. The van der Waals surface area contributed by atoms with Gasteiger partial charge in [0.05, 0.1) is 28.2 Å². The number of rotatable bonds is 3. The molecule has 0 bridgehead atoms. The van der Waals surface area contributed by atoms with Gasteiger partial charge in [-0.15, -0.1) is 0 Å². The number of anilines is 1. The second-order valence-corrected chi connectivity index (χ2v) is 4.17. The van der Waals surface area contributed by atoms with Crippen molar-refractivity contribution in [1.82, 2.24) is 0 Å². The lowest BCUT2D eigenvalue weighted by Crippen LogP contribution is -2.12. The van der Waals surface area contributed by atoms with Crippen LogP contribution in [0.2, 0.25) is 10.0 Å². The van der Waals surface area contributed by atoms with E-state index in [9.17, 15) is 0 Å². The molecule has 7 heteroatoms. The van der Waals surface area contributed by atoms with Gasteiger partial charge in [-0.1, -0.05) is 33.5 Å². The lowest BCUT2D eigenvalue weighted by atomic mass is 10.1. The number of hydrogen-bond acceptors (Lipinski definition) is 5. The molecule has 0 aliphatic carbocycles. The molecule has 0 radical (unpaired) electrons. The Morgan fingerprint density at radius 2 is 1.47 bits per heavy atom. The smallest absolute Gasteiger partial charge is 0.0753 e. The molecule has 0 unspecified atom stereocenters. The van der Waals surface area contributed by atoms with Crippen molar-refractivity contribution in [3.05, 3.63) is 27.2 Å². The molecule has 92 valence electrons. The van der Waals surface area contributed by atoms with E-state index in [4.69, 9.17) is 33.6 Å². The van der Waals surface area contributed by atoms with Crippen LogP contribution in [0.25, 0.3) is 0 Å². The minimum absolute atomic E-state index is 0.355. The van der Waals surface area contributed by atoms with Crippen LogP contribution < -0.4 is 4.90 Å². The van der Waals surface area contributed by atoms with Crippen molar-refractivity contribution >= 4 is 41.3 Å². The topological polar surface area (TPSA) is 68.4 Å². The lowest BCUT2D eigenvalue weighted by Gasteiger charge is -2.19. The molecule has 0 saturated heterocycles. The minimum Gasteiger partial charge on any atom is -0.411 e. The number of benzene rings is 1. The van der Waals surface area contributed by atoms with Gasteiger partial charge in [0.1, 0.15) is 0 Å². The Hall–Kier alpha value is -1.46. The van der Waals surface area contributed by atoms with Crippen molar-refractivity contribution in [3.8, 4) is 0 Å². The Morgan fingerprint density at radius 1 is 1.06 bits per heavy atom. The maximum absolute atomic E-state index is 8.54. The van der Waals surface area contributed by atoms with E-state index in [0.29, 0.717) is 26.9 Å². The second kappa shape index (κ2) is 5.75. The van der Waals surface area contributed by atoms with E-state index in [0.717, 1.165) is 0 Å². The van der Waals surface area contributed by atoms with E-state index in [2.05, 4.69) is 10.3 Å². The molecule has 0 amide bonds. The highest BCUT2D eigenvalue weighted by Crippen LogP contribution is 2.36. The first-order chi connectivity index (χ1) is 8.02.